The van der Waals surface area contributed by atoms with Crippen molar-refractivity contribution in [1.29, 1.82) is 0 Å². The van der Waals surface area contributed by atoms with Crippen molar-refractivity contribution in [2.75, 3.05) is 0 Å². The van der Waals surface area contributed by atoms with Gasteiger partial charge < -0.3 is 40.5 Å². The molecule has 0 saturated carbocycles. The van der Waals surface area contributed by atoms with Crippen molar-refractivity contribution in [2.45, 2.75) is 0 Å². The SMILES string of the molecule is [Eu+3].[Eu+3].[S-2].[S-2].[S-2]. The molecule has 0 unspecified atom stereocenters. The Bertz CT molecular complexity index is 4.85. The van der Waals surface area contributed by atoms with Crippen molar-refractivity contribution in [3.8, 4) is 0 Å². The van der Waals surface area contributed by atoms with E-state index in [9.17, 15) is 0 Å². The molecule has 0 rings (SSSR count). The average molecular weight is 400 g/mol. The molecular weight excluding hydrogens is 400 g/mol. The molecule has 0 nitrogen and oxygen atoms in total. The first-order valence-electron chi connectivity index (χ1n) is 0. The van der Waals surface area contributed by atoms with Crippen molar-refractivity contribution < 1.29 is 98.8 Å². The molecule has 0 aromatic carbocycles. The minimum absolute atomic E-state index is 0. The second kappa shape index (κ2) is 24.1. The van der Waals surface area contributed by atoms with Crippen molar-refractivity contribution in [1.82, 2.24) is 0 Å². The molecule has 0 aromatic heterocycles. The van der Waals surface area contributed by atoms with Gasteiger partial charge in [-0.25, -0.2) is 0 Å². The smallest absolute Gasteiger partial charge is 2.00 e. The van der Waals surface area contributed by atoms with Gasteiger partial charge in [-0.05, 0) is 0 Å². The zero-order chi connectivity index (χ0) is 0. The Labute approximate surface area is 135 Å². The average Bonchev–Trinajstić information content (AvgIpc) is 0. The second-order valence-electron chi connectivity index (χ2n) is 0. The van der Waals surface area contributed by atoms with E-state index in [-0.39, 0.29) is 139 Å². The molecular formula is Eu2S3. The van der Waals surface area contributed by atoms with Gasteiger partial charge >= 0.3 is 98.8 Å². The van der Waals surface area contributed by atoms with Gasteiger partial charge in [-0.2, -0.15) is 0 Å². The zero-order valence-corrected chi connectivity index (χ0v) is 9.28. The van der Waals surface area contributed by atoms with Gasteiger partial charge in [-0.15, -0.1) is 0 Å². The molecule has 0 N–H and O–H groups in total. The summed E-state index contributed by atoms with van der Waals surface area (Å²) in [5.41, 5.74) is 0. The quantitative estimate of drug-likeness (QED) is 0.537. The number of rotatable bonds is 0. The van der Waals surface area contributed by atoms with Crippen LogP contribution in [0.15, 0.2) is 0 Å². The topological polar surface area (TPSA) is 0 Å². The van der Waals surface area contributed by atoms with E-state index in [4.69, 9.17) is 0 Å². The molecule has 0 aromatic rings. The van der Waals surface area contributed by atoms with Gasteiger partial charge in [-0.1, -0.05) is 0 Å². The van der Waals surface area contributed by atoms with Gasteiger partial charge in [0.05, 0.1) is 0 Å². The summed E-state index contributed by atoms with van der Waals surface area (Å²) in [7, 11) is 0. The van der Waals surface area contributed by atoms with Gasteiger partial charge in [0.1, 0.15) is 0 Å². The monoisotopic (exact) mass is 402 g/mol. The Morgan fingerprint density at radius 1 is 0.400 bits per heavy atom. The van der Waals surface area contributed by atoms with E-state index in [1.165, 1.54) is 0 Å². The van der Waals surface area contributed by atoms with Gasteiger partial charge in [0.25, 0.3) is 0 Å². The summed E-state index contributed by atoms with van der Waals surface area (Å²) in [5.74, 6) is 0. The molecule has 0 aliphatic carbocycles. The third-order valence-electron chi connectivity index (χ3n) is 0. The van der Waals surface area contributed by atoms with Crippen LogP contribution in [0.25, 0.3) is 0 Å². The van der Waals surface area contributed by atoms with E-state index in [0.29, 0.717) is 0 Å². The molecule has 0 heterocycles. The van der Waals surface area contributed by atoms with E-state index in [2.05, 4.69) is 0 Å². The maximum atomic E-state index is 0. The van der Waals surface area contributed by atoms with Crippen LogP contribution in [-0.2, 0) is 40.5 Å². The molecule has 0 atom stereocenters. The van der Waals surface area contributed by atoms with E-state index in [1.807, 2.05) is 0 Å². The molecule has 0 radical (unpaired) electrons. The van der Waals surface area contributed by atoms with E-state index in [0.717, 1.165) is 0 Å². The van der Waals surface area contributed by atoms with Gasteiger partial charge in [-0.3, -0.25) is 0 Å². The Morgan fingerprint density at radius 2 is 0.400 bits per heavy atom. The van der Waals surface area contributed by atoms with E-state index < -0.39 is 0 Å². The minimum Gasteiger partial charge on any atom is -2.00 e. The summed E-state index contributed by atoms with van der Waals surface area (Å²) in [6.45, 7) is 0. The second-order valence-corrected chi connectivity index (χ2v) is 0. The maximum absolute atomic E-state index is 0. The number of hydrogen-bond acceptors (Lipinski definition) is 0. The van der Waals surface area contributed by atoms with Crippen LogP contribution in [0, 0.1) is 98.8 Å². The van der Waals surface area contributed by atoms with Crippen LogP contribution in [0.4, 0.5) is 0 Å². The fourth-order valence-corrected chi connectivity index (χ4v) is 0. The fraction of sp³-hybridized carbons (Fsp3) is 0. The van der Waals surface area contributed by atoms with Crippen LogP contribution in [-0.4, -0.2) is 0 Å². The van der Waals surface area contributed by atoms with Crippen LogP contribution < -0.4 is 0 Å². The summed E-state index contributed by atoms with van der Waals surface area (Å²) < 4.78 is 0. The van der Waals surface area contributed by atoms with Crippen LogP contribution in [0.3, 0.4) is 0 Å². The predicted molar refractivity (Wildman–Crippen MR) is 22.1 cm³/mol. The third kappa shape index (κ3) is 17.9. The van der Waals surface area contributed by atoms with Gasteiger partial charge in [0.15, 0.2) is 0 Å². The van der Waals surface area contributed by atoms with Crippen molar-refractivity contribution >= 4 is 40.5 Å². The molecule has 0 saturated heterocycles. The number of hydrogen-bond donors (Lipinski definition) is 0. The molecule has 5 heteroatoms. The van der Waals surface area contributed by atoms with Crippen molar-refractivity contribution in [3.63, 3.8) is 0 Å². The van der Waals surface area contributed by atoms with Crippen LogP contribution >= 0.6 is 0 Å². The molecule has 0 bridgehead atoms. The normalized spacial score (nSPS) is 0. The van der Waals surface area contributed by atoms with Gasteiger partial charge in [0.2, 0.25) is 0 Å². The Kier molecular flexibility index (Phi) is 168. The van der Waals surface area contributed by atoms with Crippen molar-refractivity contribution in [3.05, 3.63) is 0 Å². The summed E-state index contributed by atoms with van der Waals surface area (Å²) >= 11 is 0. The third-order valence-corrected chi connectivity index (χ3v) is 0. The molecule has 0 amide bonds. The standard InChI is InChI=1S/2Eu.3S/q2*+3;3*-2. The zero-order valence-electron chi connectivity index (χ0n) is 1.98. The summed E-state index contributed by atoms with van der Waals surface area (Å²) in [6, 6.07) is 0. The first-order chi connectivity index (χ1) is 0. The largest absolute Gasteiger partial charge is 3.00 e. The molecule has 5 heavy (non-hydrogen) atoms. The Hall–Kier alpha value is 4.22. The summed E-state index contributed by atoms with van der Waals surface area (Å²) in [6.07, 6.45) is 0. The molecule has 0 aliphatic heterocycles. The van der Waals surface area contributed by atoms with Crippen molar-refractivity contribution in [2.24, 2.45) is 0 Å². The van der Waals surface area contributed by atoms with Crippen LogP contribution in [0.1, 0.15) is 0 Å². The molecule has 32 valence electrons. The minimum atomic E-state index is 0. The van der Waals surface area contributed by atoms with Crippen LogP contribution in [0.5, 0.6) is 0 Å². The van der Waals surface area contributed by atoms with E-state index in [1.54, 1.807) is 0 Å². The first-order valence-corrected chi connectivity index (χ1v) is 0. The molecule has 0 fully saturated rings. The first kappa shape index (κ1) is 35.0. The van der Waals surface area contributed by atoms with E-state index >= 15 is 0 Å². The van der Waals surface area contributed by atoms with Crippen LogP contribution in [0.2, 0.25) is 0 Å². The molecule has 0 spiro atoms. The maximum Gasteiger partial charge on any atom is 3.00 e. The predicted octanol–water partition coefficient (Wildman–Crippen LogP) is -0.00720. The fourth-order valence-electron chi connectivity index (χ4n) is 0. The Morgan fingerprint density at radius 3 is 0.400 bits per heavy atom. The summed E-state index contributed by atoms with van der Waals surface area (Å²) in [5, 5.41) is 0. The van der Waals surface area contributed by atoms with Gasteiger partial charge in [0, 0.05) is 0 Å². The summed E-state index contributed by atoms with van der Waals surface area (Å²) in [4.78, 5) is 0. The Balaban J connectivity index is 0. The molecule has 0 aliphatic rings.